The fourth-order valence-electron chi connectivity index (χ4n) is 4.21. The second-order valence-electron chi connectivity index (χ2n) is 11.3. The average molecular weight is 629 g/mol. The summed E-state index contributed by atoms with van der Waals surface area (Å²) in [5.74, 6) is 0.0337. The molecular formula is C40H36O7. The molecule has 0 aliphatic heterocycles. The highest BCUT2D eigenvalue weighted by molar-refractivity contribution is 5.92. The zero-order chi connectivity index (χ0) is 34.2. The van der Waals surface area contributed by atoms with E-state index in [4.69, 9.17) is 18.9 Å². The van der Waals surface area contributed by atoms with Crippen molar-refractivity contribution in [3.63, 3.8) is 0 Å². The van der Waals surface area contributed by atoms with E-state index in [0.29, 0.717) is 45.3 Å². The number of hydrogen-bond donors (Lipinski definition) is 0. The molecule has 0 unspecified atom stereocenters. The predicted molar refractivity (Wildman–Crippen MR) is 184 cm³/mol. The summed E-state index contributed by atoms with van der Waals surface area (Å²) >= 11 is 0. The molecule has 0 heterocycles. The lowest BCUT2D eigenvalue weighted by atomic mass is 9.96. The van der Waals surface area contributed by atoms with E-state index in [1.807, 2.05) is 56.3 Å². The first-order chi connectivity index (χ1) is 22.3. The smallest absolute Gasteiger partial charge is 0.338 e. The third kappa shape index (κ3) is 8.83. The Hall–Kier alpha value is -5.95. The van der Waals surface area contributed by atoms with Gasteiger partial charge in [-0.25, -0.2) is 14.4 Å². The molecule has 4 aromatic carbocycles. The van der Waals surface area contributed by atoms with Gasteiger partial charge in [0.25, 0.3) is 0 Å². The Bertz CT molecular complexity index is 1890. The average Bonchev–Trinajstić information content (AvgIpc) is 3.04. The molecule has 0 aliphatic rings. The lowest BCUT2D eigenvalue weighted by Gasteiger charge is -2.17. The Labute approximate surface area is 275 Å². The van der Waals surface area contributed by atoms with Gasteiger partial charge < -0.3 is 18.9 Å². The maximum absolute atomic E-state index is 12.7. The van der Waals surface area contributed by atoms with Gasteiger partial charge in [-0.15, -0.1) is 0 Å². The Balaban J connectivity index is 1.75. The molecule has 0 fully saturated rings. The highest BCUT2D eigenvalue weighted by Gasteiger charge is 2.19. The summed E-state index contributed by atoms with van der Waals surface area (Å²) in [6, 6.07) is 25.4. The molecule has 0 bridgehead atoms. The van der Waals surface area contributed by atoms with Crippen LogP contribution in [0.25, 0.3) is 33.4 Å². The number of rotatable bonds is 11. The predicted octanol–water partition coefficient (Wildman–Crippen LogP) is 9.43. The summed E-state index contributed by atoms with van der Waals surface area (Å²) in [6.07, 6.45) is 1.65. The summed E-state index contributed by atoms with van der Waals surface area (Å²) in [4.78, 5) is 36.6. The number of carbonyl (C=O) groups excluding carboxylic acids is 3. The van der Waals surface area contributed by atoms with E-state index in [-0.39, 0.29) is 11.1 Å². The first kappa shape index (κ1) is 33.9. The fourth-order valence-corrected chi connectivity index (χ4v) is 4.21. The number of esters is 3. The Morgan fingerprint density at radius 1 is 0.489 bits per heavy atom. The van der Waals surface area contributed by atoms with Crippen LogP contribution in [0.15, 0.2) is 133 Å². The van der Waals surface area contributed by atoms with E-state index >= 15 is 0 Å². The van der Waals surface area contributed by atoms with Gasteiger partial charge in [-0.1, -0.05) is 68.3 Å². The van der Waals surface area contributed by atoms with Gasteiger partial charge in [0, 0.05) is 27.8 Å². The molecule has 0 aromatic heterocycles. The van der Waals surface area contributed by atoms with Crippen LogP contribution < -0.4 is 18.9 Å². The van der Waals surface area contributed by atoms with Crippen LogP contribution in [0.2, 0.25) is 0 Å². The Morgan fingerprint density at radius 3 is 1.26 bits per heavy atom. The number of allylic oxidation sites excluding steroid dienone is 1. The summed E-state index contributed by atoms with van der Waals surface area (Å²) in [6.45, 7) is 19.5. The van der Waals surface area contributed by atoms with E-state index in [1.165, 1.54) is 0 Å². The molecule has 238 valence electrons. The second-order valence-corrected chi connectivity index (χ2v) is 11.3. The summed E-state index contributed by atoms with van der Waals surface area (Å²) < 4.78 is 22.6. The van der Waals surface area contributed by atoms with Crippen LogP contribution in [0.4, 0.5) is 0 Å². The van der Waals surface area contributed by atoms with Crippen LogP contribution in [0.1, 0.15) is 34.6 Å². The SMILES string of the molecule is C=C(C)C(=O)Oc1ccc(-c2ccc(-c3cc(OC(=O)C(=C)C)c(-c4ccc(OC(=O)C(=C)C)cc4)cc3OC=C(C)C)cc2)cc1. The maximum Gasteiger partial charge on any atom is 0.338 e. The molecule has 4 rings (SSSR count). The van der Waals surface area contributed by atoms with Gasteiger partial charge in [0.2, 0.25) is 0 Å². The highest BCUT2D eigenvalue weighted by Crippen LogP contribution is 2.42. The molecule has 7 heteroatoms. The van der Waals surface area contributed by atoms with Crippen molar-refractivity contribution in [1.82, 2.24) is 0 Å². The zero-order valence-electron chi connectivity index (χ0n) is 27.1. The lowest BCUT2D eigenvalue weighted by Crippen LogP contribution is -2.09. The number of benzene rings is 4. The standard InChI is InChI=1S/C40H36O7/c1-24(2)23-44-36-21-35(31-15-19-33(20-16-31)46-39(42)26(5)6)37(47-40(43)27(7)8)22-34(36)30-11-9-28(10-12-30)29-13-17-32(18-14-29)45-38(41)25(3)4/h9-23H,3,5,7H2,1-2,4,6,8H3. The van der Waals surface area contributed by atoms with Crippen molar-refractivity contribution < 1.29 is 33.3 Å². The molecule has 0 aliphatic carbocycles. The van der Waals surface area contributed by atoms with Crippen molar-refractivity contribution in [1.29, 1.82) is 0 Å². The molecule has 7 nitrogen and oxygen atoms in total. The van der Waals surface area contributed by atoms with Crippen molar-refractivity contribution in [2.75, 3.05) is 0 Å². The number of hydrogen-bond acceptors (Lipinski definition) is 7. The quantitative estimate of drug-likeness (QED) is 0.0708. The third-order valence-electron chi connectivity index (χ3n) is 6.72. The van der Waals surface area contributed by atoms with Crippen molar-refractivity contribution in [3.05, 3.63) is 133 Å². The summed E-state index contributed by atoms with van der Waals surface area (Å²) in [7, 11) is 0. The van der Waals surface area contributed by atoms with Crippen LogP contribution in [0.5, 0.6) is 23.0 Å². The van der Waals surface area contributed by atoms with Gasteiger partial charge in [0.15, 0.2) is 0 Å². The molecule has 47 heavy (non-hydrogen) atoms. The van der Waals surface area contributed by atoms with Crippen molar-refractivity contribution >= 4 is 17.9 Å². The summed E-state index contributed by atoms with van der Waals surface area (Å²) in [5, 5.41) is 0. The van der Waals surface area contributed by atoms with Crippen LogP contribution in [-0.2, 0) is 14.4 Å². The van der Waals surface area contributed by atoms with E-state index in [9.17, 15) is 14.4 Å². The number of carbonyl (C=O) groups is 3. The molecule has 0 radical (unpaired) electrons. The summed E-state index contributed by atoms with van der Waals surface area (Å²) in [5.41, 5.74) is 6.47. The van der Waals surface area contributed by atoms with Crippen LogP contribution in [0, 0.1) is 0 Å². The monoisotopic (exact) mass is 628 g/mol. The van der Waals surface area contributed by atoms with Gasteiger partial charge in [0.1, 0.15) is 23.0 Å². The van der Waals surface area contributed by atoms with Gasteiger partial charge in [-0.05, 0) is 98.8 Å². The van der Waals surface area contributed by atoms with E-state index in [2.05, 4.69) is 19.7 Å². The largest absolute Gasteiger partial charge is 0.464 e. The van der Waals surface area contributed by atoms with E-state index in [0.717, 1.165) is 22.3 Å². The molecule has 0 saturated heterocycles. The molecule has 0 N–H and O–H groups in total. The molecule has 0 spiro atoms. The lowest BCUT2D eigenvalue weighted by molar-refractivity contribution is -0.130. The Morgan fingerprint density at radius 2 is 0.830 bits per heavy atom. The third-order valence-corrected chi connectivity index (χ3v) is 6.72. The van der Waals surface area contributed by atoms with Gasteiger partial charge in [-0.3, -0.25) is 0 Å². The van der Waals surface area contributed by atoms with Crippen LogP contribution >= 0.6 is 0 Å². The van der Waals surface area contributed by atoms with Crippen molar-refractivity contribution in [3.8, 4) is 56.4 Å². The minimum Gasteiger partial charge on any atom is -0.464 e. The van der Waals surface area contributed by atoms with E-state index in [1.54, 1.807) is 69.5 Å². The second kappa shape index (κ2) is 14.9. The first-order valence-corrected chi connectivity index (χ1v) is 14.7. The topological polar surface area (TPSA) is 88.1 Å². The maximum atomic E-state index is 12.7. The van der Waals surface area contributed by atoms with Gasteiger partial charge in [0.05, 0.1) is 6.26 Å². The normalized spacial score (nSPS) is 10.3. The zero-order valence-corrected chi connectivity index (χ0v) is 27.1. The molecule has 0 saturated carbocycles. The van der Waals surface area contributed by atoms with Crippen LogP contribution in [0.3, 0.4) is 0 Å². The fraction of sp³-hybridized carbons (Fsp3) is 0.125. The minimum atomic E-state index is -0.574. The molecule has 0 amide bonds. The van der Waals surface area contributed by atoms with E-state index < -0.39 is 17.9 Å². The van der Waals surface area contributed by atoms with Crippen LogP contribution in [-0.4, -0.2) is 17.9 Å². The molecular weight excluding hydrogens is 592 g/mol. The number of ether oxygens (including phenoxy) is 4. The van der Waals surface area contributed by atoms with Gasteiger partial charge >= 0.3 is 17.9 Å². The van der Waals surface area contributed by atoms with Crippen molar-refractivity contribution in [2.24, 2.45) is 0 Å². The van der Waals surface area contributed by atoms with Gasteiger partial charge in [-0.2, -0.15) is 0 Å². The van der Waals surface area contributed by atoms with Crippen molar-refractivity contribution in [2.45, 2.75) is 34.6 Å². The Kier molecular flexibility index (Phi) is 10.7. The minimum absolute atomic E-state index is 0.245. The highest BCUT2D eigenvalue weighted by atomic mass is 16.5. The molecule has 0 atom stereocenters. The molecule has 4 aromatic rings. The first-order valence-electron chi connectivity index (χ1n) is 14.7.